The summed E-state index contributed by atoms with van der Waals surface area (Å²) >= 11 is 0. The molecule has 0 aliphatic rings. The van der Waals surface area contributed by atoms with Gasteiger partial charge in [-0.2, -0.15) is 21.6 Å². The van der Waals surface area contributed by atoms with Crippen molar-refractivity contribution in [3.8, 4) is 5.88 Å². The molecule has 170 valence electrons. The summed E-state index contributed by atoms with van der Waals surface area (Å²) in [6, 6.07) is 10.9. The normalized spacial score (nSPS) is 12.2. The lowest BCUT2D eigenvalue weighted by atomic mass is 10.1. The van der Waals surface area contributed by atoms with E-state index in [2.05, 4.69) is 4.98 Å². The number of rotatable bonds is 4. The van der Waals surface area contributed by atoms with Crippen LogP contribution in [0, 0.1) is 0 Å². The molecule has 1 amide bonds. The second-order valence-corrected chi connectivity index (χ2v) is 8.61. The van der Waals surface area contributed by atoms with Crippen LogP contribution in [-0.2, 0) is 23.3 Å². The predicted molar refractivity (Wildman–Crippen MR) is 112 cm³/mol. The molecule has 0 saturated carbocycles. The number of fused-ring (bicyclic) bond motifs is 2. The lowest BCUT2D eigenvalue weighted by Crippen LogP contribution is -2.21. The van der Waals surface area contributed by atoms with Gasteiger partial charge in [0.2, 0.25) is 5.88 Å². The Morgan fingerprint density at radius 2 is 1.76 bits per heavy atom. The van der Waals surface area contributed by atoms with Crippen molar-refractivity contribution in [2.75, 3.05) is 0 Å². The third-order valence-electron chi connectivity index (χ3n) is 4.96. The first-order valence-electron chi connectivity index (χ1n) is 9.23. The van der Waals surface area contributed by atoms with E-state index in [0.29, 0.717) is 16.8 Å². The van der Waals surface area contributed by atoms with Crippen LogP contribution in [0.4, 0.5) is 13.2 Å². The molecule has 2 heterocycles. The summed E-state index contributed by atoms with van der Waals surface area (Å²) in [5.74, 6) is -1.41. The van der Waals surface area contributed by atoms with Crippen LogP contribution < -0.4 is 15.5 Å². The van der Waals surface area contributed by atoms with Gasteiger partial charge < -0.3 is 14.5 Å². The van der Waals surface area contributed by atoms with E-state index >= 15 is 0 Å². The topological polar surface area (TPSA) is 121 Å². The van der Waals surface area contributed by atoms with Crippen LogP contribution in [0.15, 0.2) is 64.3 Å². The number of nitrogens with two attached hydrogens (primary N) is 1. The molecule has 0 spiro atoms. The number of aryl methyl sites for hydroxylation is 1. The number of primary amides is 1. The Morgan fingerprint density at radius 3 is 2.42 bits per heavy atom. The van der Waals surface area contributed by atoms with E-state index in [4.69, 9.17) is 9.92 Å². The molecule has 0 aliphatic heterocycles. The van der Waals surface area contributed by atoms with Gasteiger partial charge in [-0.1, -0.05) is 24.3 Å². The molecule has 0 atom stereocenters. The van der Waals surface area contributed by atoms with Crippen LogP contribution in [0.25, 0.3) is 21.7 Å². The van der Waals surface area contributed by atoms with Gasteiger partial charge in [-0.3, -0.25) is 9.59 Å². The minimum atomic E-state index is -4.90. The number of alkyl halides is 3. The van der Waals surface area contributed by atoms with Gasteiger partial charge in [-0.15, -0.1) is 0 Å². The molecule has 0 aliphatic carbocycles. The van der Waals surface area contributed by atoms with Crippen molar-refractivity contribution >= 4 is 37.7 Å². The zero-order valence-corrected chi connectivity index (χ0v) is 17.6. The van der Waals surface area contributed by atoms with Crippen LogP contribution >= 0.6 is 0 Å². The quantitative estimate of drug-likeness (QED) is 0.451. The minimum Gasteiger partial charge on any atom is -0.364 e. The first-order chi connectivity index (χ1) is 15.4. The molecule has 4 rings (SSSR count). The molecular formula is C21H14F3N3O5S. The highest BCUT2D eigenvalue weighted by molar-refractivity contribution is 7.87. The Hall–Kier alpha value is -3.93. The number of carbonyl (C=O) groups excluding carboxylic acids is 1. The Bertz CT molecular complexity index is 1610. The molecule has 12 heteroatoms. The highest BCUT2D eigenvalue weighted by Crippen LogP contribution is 2.35. The van der Waals surface area contributed by atoms with Crippen molar-refractivity contribution in [2.45, 2.75) is 11.1 Å². The molecule has 8 nitrogen and oxygen atoms in total. The van der Waals surface area contributed by atoms with E-state index in [1.165, 1.54) is 13.1 Å². The lowest BCUT2D eigenvalue weighted by molar-refractivity contribution is -0.136. The fraction of sp³-hybridized carbons (Fsp3) is 0.0952. The summed E-state index contributed by atoms with van der Waals surface area (Å²) in [4.78, 5) is 26.9. The van der Waals surface area contributed by atoms with E-state index in [1.807, 2.05) is 0 Å². The summed E-state index contributed by atoms with van der Waals surface area (Å²) < 4.78 is 72.1. The second kappa shape index (κ2) is 7.59. The summed E-state index contributed by atoms with van der Waals surface area (Å²) in [6.07, 6.45) is -4.90. The van der Waals surface area contributed by atoms with Gasteiger partial charge in [0, 0.05) is 30.0 Å². The van der Waals surface area contributed by atoms with Crippen LogP contribution in [0.5, 0.6) is 5.88 Å². The molecular weight excluding hydrogens is 463 g/mol. The predicted octanol–water partition coefficient (Wildman–Crippen LogP) is 2.97. The van der Waals surface area contributed by atoms with E-state index in [9.17, 15) is 31.2 Å². The summed E-state index contributed by atoms with van der Waals surface area (Å²) in [7, 11) is -3.41. The molecule has 2 aromatic heterocycles. The average molecular weight is 477 g/mol. The largest absolute Gasteiger partial charge is 0.417 e. The Balaban J connectivity index is 1.86. The number of pyridine rings is 2. The first kappa shape index (κ1) is 22.3. The fourth-order valence-electron chi connectivity index (χ4n) is 3.40. The molecule has 2 aromatic carbocycles. The SMILES string of the molecule is Cn1c(=O)cc(C(F)(F)F)c2cc(S(=O)(=O)Oc3cc4ccccc4c(C(N)=O)n3)ccc21. The highest BCUT2D eigenvalue weighted by Gasteiger charge is 2.34. The third kappa shape index (κ3) is 4.00. The Labute approximate surface area is 184 Å². The summed E-state index contributed by atoms with van der Waals surface area (Å²) in [6.45, 7) is 0. The molecule has 0 bridgehead atoms. The Morgan fingerprint density at radius 1 is 1.06 bits per heavy atom. The number of aromatic nitrogens is 2. The van der Waals surface area contributed by atoms with E-state index < -0.39 is 49.5 Å². The van der Waals surface area contributed by atoms with Crippen molar-refractivity contribution in [3.63, 3.8) is 0 Å². The fourth-order valence-corrected chi connectivity index (χ4v) is 4.30. The number of nitrogens with zero attached hydrogens (tertiary/aromatic N) is 2. The maximum atomic E-state index is 13.5. The van der Waals surface area contributed by atoms with Gasteiger partial charge in [-0.05, 0) is 23.6 Å². The van der Waals surface area contributed by atoms with E-state index in [1.54, 1.807) is 24.3 Å². The zero-order chi connectivity index (χ0) is 24.1. The van der Waals surface area contributed by atoms with Gasteiger partial charge in [0.1, 0.15) is 10.6 Å². The maximum absolute atomic E-state index is 13.5. The van der Waals surface area contributed by atoms with Crippen molar-refractivity contribution < 1.29 is 30.6 Å². The second-order valence-electron chi connectivity index (χ2n) is 7.06. The number of hydrogen-bond donors (Lipinski definition) is 1. The zero-order valence-electron chi connectivity index (χ0n) is 16.8. The van der Waals surface area contributed by atoms with Gasteiger partial charge in [-0.25, -0.2) is 4.98 Å². The van der Waals surface area contributed by atoms with Gasteiger partial charge in [0.05, 0.1) is 11.1 Å². The first-order valence-corrected chi connectivity index (χ1v) is 10.6. The van der Waals surface area contributed by atoms with Crippen LogP contribution in [0.2, 0.25) is 0 Å². The average Bonchev–Trinajstić information content (AvgIpc) is 2.74. The van der Waals surface area contributed by atoms with Crippen molar-refractivity contribution in [2.24, 2.45) is 12.8 Å². The molecule has 4 aromatic rings. The lowest BCUT2D eigenvalue weighted by Gasteiger charge is -2.14. The highest BCUT2D eigenvalue weighted by atomic mass is 32.2. The molecule has 0 radical (unpaired) electrons. The van der Waals surface area contributed by atoms with Crippen LogP contribution in [-0.4, -0.2) is 23.9 Å². The van der Waals surface area contributed by atoms with Crippen molar-refractivity contribution in [1.29, 1.82) is 0 Å². The number of carbonyl (C=O) groups is 1. The summed E-state index contributed by atoms with van der Waals surface area (Å²) in [5, 5.41) is 0.286. The molecule has 0 fully saturated rings. The number of hydrogen-bond acceptors (Lipinski definition) is 6. The third-order valence-corrected chi connectivity index (χ3v) is 6.18. The van der Waals surface area contributed by atoms with E-state index in [-0.39, 0.29) is 11.2 Å². The van der Waals surface area contributed by atoms with Gasteiger partial charge >= 0.3 is 16.3 Å². The number of amides is 1. The van der Waals surface area contributed by atoms with Crippen molar-refractivity contribution in [1.82, 2.24) is 9.55 Å². The van der Waals surface area contributed by atoms with Gasteiger partial charge in [0.25, 0.3) is 11.5 Å². The summed E-state index contributed by atoms with van der Waals surface area (Å²) in [5.41, 5.74) is 2.80. The molecule has 33 heavy (non-hydrogen) atoms. The molecule has 0 saturated heterocycles. The standard InChI is InChI=1S/C21H14F3N3O5S/c1-27-16-7-6-12(9-14(16)15(10-18(27)28)21(22,23)24)33(30,31)32-17-8-11-4-2-3-5-13(11)19(26-17)20(25)29/h2-10H,1H3,(H2,25,29). The molecule has 2 N–H and O–H groups in total. The smallest absolute Gasteiger partial charge is 0.364 e. The van der Waals surface area contributed by atoms with Crippen molar-refractivity contribution in [3.05, 3.63) is 76.2 Å². The maximum Gasteiger partial charge on any atom is 0.417 e. The minimum absolute atomic E-state index is 0.117. The monoisotopic (exact) mass is 477 g/mol. The van der Waals surface area contributed by atoms with E-state index in [0.717, 1.165) is 22.8 Å². The van der Waals surface area contributed by atoms with Gasteiger partial charge in [0.15, 0.2) is 0 Å². The van der Waals surface area contributed by atoms with Crippen LogP contribution in [0.1, 0.15) is 16.1 Å². The number of benzene rings is 2. The number of halogens is 3. The van der Waals surface area contributed by atoms with Crippen LogP contribution in [0.3, 0.4) is 0 Å². The molecule has 0 unspecified atom stereocenters. The Kier molecular flexibility index (Phi) is 5.12.